The molecule has 1 atom stereocenters. The molecule has 7 nitrogen and oxygen atoms in total. The third kappa shape index (κ3) is 4.15. The van der Waals surface area contributed by atoms with Gasteiger partial charge in [-0.1, -0.05) is 30.0 Å². The van der Waals surface area contributed by atoms with E-state index < -0.39 is 11.8 Å². The van der Waals surface area contributed by atoms with Crippen LogP contribution in [0.5, 0.6) is 11.5 Å². The summed E-state index contributed by atoms with van der Waals surface area (Å²) in [6.07, 6.45) is 0.158. The summed E-state index contributed by atoms with van der Waals surface area (Å²) in [6, 6.07) is 13.0. The number of thioether (sulfide) groups is 1. The number of carbonyl (C=O) groups is 1. The van der Waals surface area contributed by atoms with Crippen LogP contribution < -0.4 is 10.5 Å². The molecule has 27 heavy (non-hydrogen) atoms. The maximum absolute atomic E-state index is 11.3. The number of benzene rings is 2. The zero-order chi connectivity index (χ0) is 19.4. The smallest absolute Gasteiger partial charge is 0.235 e. The Morgan fingerprint density at radius 2 is 2.22 bits per heavy atom. The summed E-state index contributed by atoms with van der Waals surface area (Å²) in [5, 5.41) is 20.2. The average Bonchev–Trinajstić information content (AvgIpc) is 3.08. The number of aromatic amines is 1. The molecule has 0 aliphatic rings. The molecule has 0 aliphatic carbocycles. The lowest BCUT2D eigenvalue weighted by Crippen LogP contribution is -2.23. The molecule has 138 valence electrons. The van der Waals surface area contributed by atoms with Gasteiger partial charge in [-0.2, -0.15) is 5.26 Å². The Balaban J connectivity index is 1.83. The number of nitriles is 1. The van der Waals surface area contributed by atoms with Gasteiger partial charge in [0, 0.05) is 11.3 Å². The lowest BCUT2D eigenvalue weighted by molar-refractivity contribution is -0.120. The summed E-state index contributed by atoms with van der Waals surface area (Å²) in [7, 11) is 1.45. The maximum atomic E-state index is 11.3. The Morgan fingerprint density at radius 3 is 2.89 bits per heavy atom. The number of methoxy groups -OCH3 is 1. The number of nitrogens with one attached hydrogen (secondary N) is 1. The van der Waals surface area contributed by atoms with Crippen molar-refractivity contribution >= 4 is 28.7 Å². The number of primary amides is 1. The van der Waals surface area contributed by atoms with Gasteiger partial charge < -0.3 is 20.6 Å². The Hall–Kier alpha value is -3.18. The molecular formula is C19H18N4O3S. The molecular weight excluding hydrogens is 364 g/mol. The predicted octanol–water partition coefficient (Wildman–Crippen LogP) is 2.74. The summed E-state index contributed by atoms with van der Waals surface area (Å²) in [4.78, 5) is 19.1. The van der Waals surface area contributed by atoms with Crippen LogP contribution in [0.2, 0.25) is 0 Å². The number of rotatable bonds is 7. The van der Waals surface area contributed by atoms with Crippen LogP contribution in [0.3, 0.4) is 0 Å². The van der Waals surface area contributed by atoms with Crippen LogP contribution in [0.4, 0.5) is 0 Å². The van der Waals surface area contributed by atoms with E-state index >= 15 is 0 Å². The molecule has 0 spiro atoms. The molecule has 1 heterocycles. The van der Waals surface area contributed by atoms with Crippen molar-refractivity contribution in [3.63, 3.8) is 0 Å². The van der Waals surface area contributed by atoms with Crippen LogP contribution >= 0.6 is 11.8 Å². The fourth-order valence-corrected chi connectivity index (χ4v) is 3.56. The van der Waals surface area contributed by atoms with Gasteiger partial charge in [-0.05, 0) is 30.2 Å². The van der Waals surface area contributed by atoms with Crippen molar-refractivity contribution in [2.24, 2.45) is 11.7 Å². The van der Waals surface area contributed by atoms with Gasteiger partial charge in [0.1, 0.15) is 5.92 Å². The van der Waals surface area contributed by atoms with E-state index in [1.807, 2.05) is 30.3 Å². The zero-order valence-electron chi connectivity index (χ0n) is 14.6. The second-order valence-corrected chi connectivity index (χ2v) is 6.91. The van der Waals surface area contributed by atoms with Crippen molar-refractivity contribution in [1.82, 2.24) is 9.97 Å². The first-order valence-corrected chi connectivity index (χ1v) is 9.15. The third-order valence-corrected chi connectivity index (χ3v) is 5.03. The highest BCUT2D eigenvalue weighted by Gasteiger charge is 2.18. The number of fused-ring (bicyclic) bond motifs is 1. The van der Waals surface area contributed by atoms with E-state index in [1.54, 1.807) is 12.1 Å². The van der Waals surface area contributed by atoms with Crippen LogP contribution in [0.1, 0.15) is 11.1 Å². The van der Waals surface area contributed by atoms with Crippen molar-refractivity contribution < 1.29 is 14.6 Å². The highest BCUT2D eigenvalue weighted by Crippen LogP contribution is 2.36. The van der Waals surface area contributed by atoms with Gasteiger partial charge in [0.05, 0.1) is 24.2 Å². The normalized spacial score (nSPS) is 11.9. The number of nitrogens with zero attached hydrogens (tertiary/aromatic N) is 2. The molecule has 0 aliphatic heterocycles. The molecule has 1 aromatic heterocycles. The largest absolute Gasteiger partial charge is 0.504 e. The Kier molecular flexibility index (Phi) is 5.52. The molecule has 0 saturated heterocycles. The molecule has 0 radical (unpaired) electrons. The van der Waals surface area contributed by atoms with E-state index in [-0.39, 0.29) is 17.9 Å². The number of phenolic OH excluding ortho intramolecular Hbond substituents is 1. The number of imidazole rings is 1. The van der Waals surface area contributed by atoms with E-state index in [0.717, 1.165) is 16.2 Å². The molecule has 0 saturated carbocycles. The molecule has 8 heteroatoms. The van der Waals surface area contributed by atoms with Crippen LogP contribution in [-0.2, 0) is 17.0 Å². The van der Waals surface area contributed by atoms with Crippen molar-refractivity contribution in [3.05, 3.63) is 47.5 Å². The molecule has 1 unspecified atom stereocenters. The van der Waals surface area contributed by atoms with Crippen LogP contribution in [0.15, 0.2) is 41.6 Å². The van der Waals surface area contributed by atoms with Crippen molar-refractivity contribution in [2.75, 3.05) is 7.11 Å². The number of hydrogen-bond donors (Lipinski definition) is 3. The van der Waals surface area contributed by atoms with E-state index in [4.69, 9.17) is 15.7 Å². The van der Waals surface area contributed by atoms with Gasteiger partial charge >= 0.3 is 0 Å². The summed E-state index contributed by atoms with van der Waals surface area (Å²) in [5.41, 5.74) is 8.37. The standard InChI is InChI=1S/C19H18N4O3S/c1-26-16-8-11(6-12(9-20)18(21)25)7-13(17(16)24)10-27-19-22-14-4-2-3-5-15(14)23-19/h2-5,7-8,12,24H,6,10H2,1H3,(H2,21,25)(H,22,23). The highest BCUT2D eigenvalue weighted by molar-refractivity contribution is 7.98. The highest BCUT2D eigenvalue weighted by atomic mass is 32.2. The second kappa shape index (κ2) is 8.01. The number of aromatic nitrogens is 2. The summed E-state index contributed by atoms with van der Waals surface area (Å²) in [5.74, 6) is -0.868. The van der Waals surface area contributed by atoms with Gasteiger partial charge in [0.2, 0.25) is 5.91 Å². The molecule has 3 rings (SSSR count). The second-order valence-electron chi connectivity index (χ2n) is 5.94. The topological polar surface area (TPSA) is 125 Å². The number of amides is 1. The monoisotopic (exact) mass is 382 g/mol. The lowest BCUT2D eigenvalue weighted by Gasteiger charge is -2.13. The van der Waals surface area contributed by atoms with Gasteiger partial charge in [-0.3, -0.25) is 4.79 Å². The Labute approximate surface area is 160 Å². The lowest BCUT2D eigenvalue weighted by atomic mass is 9.98. The number of carbonyl (C=O) groups excluding carboxylic acids is 1. The fraction of sp³-hybridized carbons (Fsp3) is 0.211. The average molecular weight is 382 g/mol. The number of aromatic hydroxyl groups is 1. The Bertz CT molecular complexity index is 992. The molecule has 4 N–H and O–H groups in total. The summed E-state index contributed by atoms with van der Waals surface area (Å²) >= 11 is 1.43. The van der Waals surface area contributed by atoms with Crippen LogP contribution in [-0.4, -0.2) is 28.1 Å². The minimum absolute atomic E-state index is 0.0254. The van der Waals surface area contributed by atoms with Crippen molar-refractivity contribution in [1.29, 1.82) is 5.26 Å². The van der Waals surface area contributed by atoms with Crippen LogP contribution in [0, 0.1) is 17.2 Å². The first-order chi connectivity index (χ1) is 13.0. The quantitative estimate of drug-likeness (QED) is 0.540. The fourth-order valence-electron chi connectivity index (χ4n) is 2.70. The molecule has 1 amide bonds. The number of hydrogen-bond acceptors (Lipinski definition) is 6. The van der Waals surface area contributed by atoms with Gasteiger partial charge in [-0.15, -0.1) is 0 Å². The molecule has 3 aromatic rings. The number of H-pyrrole nitrogens is 1. The Morgan fingerprint density at radius 1 is 1.44 bits per heavy atom. The summed E-state index contributed by atoms with van der Waals surface area (Å²) in [6.45, 7) is 0. The minimum atomic E-state index is -0.935. The van der Waals surface area contributed by atoms with Gasteiger partial charge in [-0.25, -0.2) is 4.98 Å². The van der Waals surface area contributed by atoms with E-state index in [0.29, 0.717) is 16.9 Å². The van der Waals surface area contributed by atoms with Crippen molar-refractivity contribution in [2.45, 2.75) is 17.3 Å². The van der Waals surface area contributed by atoms with E-state index in [1.165, 1.54) is 18.9 Å². The summed E-state index contributed by atoms with van der Waals surface area (Å²) < 4.78 is 5.22. The van der Waals surface area contributed by atoms with Crippen molar-refractivity contribution in [3.8, 4) is 17.6 Å². The number of para-hydroxylation sites is 2. The van der Waals surface area contributed by atoms with Crippen LogP contribution in [0.25, 0.3) is 11.0 Å². The zero-order valence-corrected chi connectivity index (χ0v) is 15.4. The van der Waals surface area contributed by atoms with Gasteiger partial charge in [0.25, 0.3) is 0 Å². The molecule has 2 aromatic carbocycles. The molecule has 0 fully saturated rings. The first kappa shape index (κ1) is 18.6. The number of nitrogens with two attached hydrogens (primary N) is 1. The van der Waals surface area contributed by atoms with E-state index in [2.05, 4.69) is 9.97 Å². The number of phenols is 1. The van der Waals surface area contributed by atoms with Gasteiger partial charge in [0.15, 0.2) is 16.7 Å². The predicted molar refractivity (Wildman–Crippen MR) is 102 cm³/mol. The molecule has 0 bridgehead atoms. The maximum Gasteiger partial charge on any atom is 0.235 e. The number of ether oxygens (including phenoxy) is 1. The first-order valence-electron chi connectivity index (χ1n) is 8.17. The third-order valence-electron chi connectivity index (χ3n) is 4.10. The SMILES string of the molecule is COc1cc(CC(C#N)C(N)=O)cc(CSc2nc3ccccc3[nH]2)c1O. The minimum Gasteiger partial charge on any atom is -0.504 e. The van der Waals surface area contributed by atoms with E-state index in [9.17, 15) is 9.90 Å².